The van der Waals surface area contributed by atoms with E-state index >= 15 is 0 Å². The summed E-state index contributed by atoms with van der Waals surface area (Å²) in [6.07, 6.45) is 0.402. The topological polar surface area (TPSA) is 69.7 Å². The molecule has 3 rings (SSSR count). The molecule has 120 valence electrons. The molecule has 5 nitrogen and oxygen atoms in total. The van der Waals surface area contributed by atoms with Gasteiger partial charge in [-0.1, -0.05) is 27.7 Å². The molecule has 0 aromatic heterocycles. The second kappa shape index (κ2) is 4.44. The molecule has 3 aliphatic rings. The van der Waals surface area contributed by atoms with Gasteiger partial charge < -0.3 is 4.74 Å². The van der Waals surface area contributed by atoms with Gasteiger partial charge in [0, 0.05) is 5.92 Å². The summed E-state index contributed by atoms with van der Waals surface area (Å²) in [5.41, 5.74) is 0. The minimum atomic E-state index is -3.94. The molecular weight excluding hydrogens is 292 g/mol. The van der Waals surface area contributed by atoms with Crippen LogP contribution < -0.4 is 0 Å². The molecule has 6 atom stereocenters. The van der Waals surface area contributed by atoms with Crippen LogP contribution in [-0.4, -0.2) is 32.3 Å². The van der Waals surface area contributed by atoms with Crippen molar-refractivity contribution < 1.29 is 22.1 Å². The van der Waals surface area contributed by atoms with Crippen LogP contribution >= 0.6 is 0 Å². The summed E-state index contributed by atoms with van der Waals surface area (Å²) < 4.78 is 34.4. The maximum absolute atomic E-state index is 12.8. The molecule has 1 saturated heterocycles. The van der Waals surface area contributed by atoms with Gasteiger partial charge in [0.2, 0.25) is 4.75 Å². The number of carbonyl (C=O) groups excluding carboxylic acids is 1. The number of esters is 1. The third kappa shape index (κ3) is 1.55. The minimum absolute atomic E-state index is 0.0952. The molecule has 2 aliphatic carbocycles. The first-order valence-corrected chi connectivity index (χ1v) is 9.12. The molecule has 0 radical (unpaired) electrons. The largest absolute Gasteiger partial charge is 0.468 e. The Morgan fingerprint density at radius 3 is 2.33 bits per heavy atom. The average Bonchev–Trinajstić information content (AvgIpc) is 2.93. The molecule has 3 fully saturated rings. The van der Waals surface area contributed by atoms with E-state index in [1.165, 1.54) is 7.11 Å². The summed E-state index contributed by atoms with van der Waals surface area (Å²) in [5, 5.41) is 0. The lowest BCUT2D eigenvalue weighted by Gasteiger charge is -2.41. The second-order valence-corrected chi connectivity index (χ2v) is 9.17. The molecule has 0 spiro atoms. The number of rotatable bonds is 3. The summed E-state index contributed by atoms with van der Waals surface area (Å²) in [6, 6.07) is 0. The van der Waals surface area contributed by atoms with Crippen LogP contribution in [0, 0.1) is 35.5 Å². The fourth-order valence-corrected chi connectivity index (χ4v) is 7.97. The quantitative estimate of drug-likeness (QED) is 0.587. The van der Waals surface area contributed by atoms with Crippen LogP contribution in [0.3, 0.4) is 0 Å². The van der Waals surface area contributed by atoms with Gasteiger partial charge in [-0.2, -0.15) is 8.42 Å². The van der Waals surface area contributed by atoms with Crippen LogP contribution in [0.5, 0.6) is 0 Å². The fourth-order valence-electron chi connectivity index (χ4n) is 5.59. The van der Waals surface area contributed by atoms with E-state index in [-0.39, 0.29) is 35.7 Å². The van der Waals surface area contributed by atoms with Gasteiger partial charge in [0.05, 0.1) is 13.2 Å². The monoisotopic (exact) mass is 316 g/mol. The molecule has 2 saturated carbocycles. The smallest absolute Gasteiger partial charge is 0.330 e. The number of hydrogen-bond acceptors (Lipinski definition) is 5. The highest BCUT2D eigenvalue weighted by molar-refractivity contribution is 7.89. The van der Waals surface area contributed by atoms with Crippen LogP contribution in [0.2, 0.25) is 0 Å². The van der Waals surface area contributed by atoms with Gasteiger partial charge in [0.1, 0.15) is 0 Å². The molecule has 6 heteroatoms. The lowest BCUT2D eigenvalue weighted by atomic mass is 9.65. The Kier molecular flexibility index (Phi) is 3.23. The van der Waals surface area contributed by atoms with Crippen molar-refractivity contribution in [3.05, 3.63) is 0 Å². The fraction of sp³-hybridized carbons (Fsp3) is 0.933. The van der Waals surface area contributed by atoms with E-state index < -0.39 is 20.8 Å². The normalized spacial score (nSPS) is 46.5. The maximum Gasteiger partial charge on any atom is 0.330 e. The molecule has 0 aromatic carbocycles. The van der Waals surface area contributed by atoms with Crippen molar-refractivity contribution in [1.29, 1.82) is 0 Å². The lowest BCUT2D eigenvalue weighted by Crippen LogP contribution is -2.57. The van der Waals surface area contributed by atoms with Gasteiger partial charge in [0.25, 0.3) is 10.1 Å². The standard InChI is InChI=1S/C15H24O5S/c1-7(2)11-9-6-10-13(11)20-21(17,18)15(10,14(16)19-5)12(9)8(3)4/h7-13H,6H2,1-5H3. The van der Waals surface area contributed by atoms with E-state index in [1.807, 2.05) is 13.8 Å². The van der Waals surface area contributed by atoms with Crippen molar-refractivity contribution in [3.63, 3.8) is 0 Å². The summed E-state index contributed by atoms with van der Waals surface area (Å²) in [4.78, 5) is 12.5. The predicted molar refractivity (Wildman–Crippen MR) is 76.8 cm³/mol. The number of carbonyl (C=O) groups is 1. The van der Waals surface area contributed by atoms with Gasteiger partial charge in [-0.25, -0.2) is 0 Å². The van der Waals surface area contributed by atoms with E-state index in [4.69, 9.17) is 8.92 Å². The number of ether oxygens (including phenoxy) is 1. The van der Waals surface area contributed by atoms with Gasteiger partial charge in [0.15, 0.2) is 0 Å². The van der Waals surface area contributed by atoms with Crippen LogP contribution in [0.1, 0.15) is 34.1 Å². The molecule has 1 heterocycles. The number of hydrogen-bond donors (Lipinski definition) is 0. The summed E-state index contributed by atoms with van der Waals surface area (Å²) in [5.74, 6) is -0.231. The zero-order chi connectivity index (χ0) is 15.7. The number of fused-ring (bicyclic) bond motifs is 1. The first-order valence-electron chi connectivity index (χ1n) is 7.71. The molecule has 0 amide bonds. The van der Waals surface area contributed by atoms with Gasteiger partial charge in [-0.05, 0) is 36.0 Å². The third-order valence-corrected chi connectivity index (χ3v) is 7.99. The molecule has 0 N–H and O–H groups in total. The van der Waals surface area contributed by atoms with Gasteiger partial charge >= 0.3 is 5.97 Å². The first kappa shape index (κ1) is 15.3. The minimum Gasteiger partial charge on any atom is -0.468 e. The van der Waals surface area contributed by atoms with Crippen molar-refractivity contribution in [2.45, 2.75) is 45.0 Å². The Bertz CT molecular complexity index is 567. The third-order valence-electron chi connectivity index (χ3n) is 5.95. The SMILES string of the molecule is COC(=O)C12C3CC(C(C(C)C)C3OS1(=O)=O)C2C(C)C. The molecule has 1 aliphatic heterocycles. The first-order chi connectivity index (χ1) is 9.70. The Balaban J connectivity index is 2.21. The lowest BCUT2D eigenvalue weighted by molar-refractivity contribution is -0.148. The highest BCUT2D eigenvalue weighted by Crippen LogP contribution is 2.69. The van der Waals surface area contributed by atoms with Crippen molar-refractivity contribution in [3.8, 4) is 0 Å². The van der Waals surface area contributed by atoms with E-state index in [1.54, 1.807) is 0 Å². The van der Waals surface area contributed by atoms with Crippen LogP contribution in [-0.2, 0) is 23.8 Å². The second-order valence-electron chi connectivity index (χ2n) is 7.40. The van der Waals surface area contributed by atoms with E-state index in [0.717, 1.165) is 6.42 Å². The van der Waals surface area contributed by atoms with Crippen molar-refractivity contribution in [1.82, 2.24) is 0 Å². The van der Waals surface area contributed by atoms with Crippen molar-refractivity contribution >= 4 is 16.1 Å². The van der Waals surface area contributed by atoms with Crippen molar-refractivity contribution in [2.24, 2.45) is 35.5 Å². The zero-order valence-corrected chi connectivity index (χ0v) is 14.0. The summed E-state index contributed by atoms with van der Waals surface area (Å²) in [6.45, 7) is 8.21. The van der Waals surface area contributed by atoms with Crippen LogP contribution in [0.4, 0.5) is 0 Å². The Morgan fingerprint density at radius 2 is 1.86 bits per heavy atom. The zero-order valence-electron chi connectivity index (χ0n) is 13.2. The molecule has 6 unspecified atom stereocenters. The van der Waals surface area contributed by atoms with Crippen LogP contribution in [0.15, 0.2) is 0 Å². The number of methoxy groups -OCH3 is 1. The molecular formula is C15H24O5S. The van der Waals surface area contributed by atoms with E-state index in [9.17, 15) is 13.2 Å². The predicted octanol–water partition coefficient (Wildman–Crippen LogP) is 1.82. The average molecular weight is 316 g/mol. The molecule has 2 bridgehead atoms. The Labute approximate surface area is 126 Å². The molecule has 21 heavy (non-hydrogen) atoms. The summed E-state index contributed by atoms with van der Waals surface area (Å²) in [7, 11) is -2.67. The van der Waals surface area contributed by atoms with Crippen molar-refractivity contribution in [2.75, 3.05) is 7.11 Å². The van der Waals surface area contributed by atoms with E-state index in [2.05, 4.69) is 13.8 Å². The Morgan fingerprint density at radius 1 is 1.24 bits per heavy atom. The van der Waals surface area contributed by atoms with Gasteiger partial charge in [-0.15, -0.1) is 0 Å². The maximum atomic E-state index is 12.8. The molecule has 0 aromatic rings. The highest BCUT2D eigenvalue weighted by atomic mass is 32.2. The van der Waals surface area contributed by atoms with E-state index in [0.29, 0.717) is 5.92 Å². The van der Waals surface area contributed by atoms with Crippen LogP contribution in [0.25, 0.3) is 0 Å². The summed E-state index contributed by atoms with van der Waals surface area (Å²) >= 11 is 0. The van der Waals surface area contributed by atoms with Gasteiger partial charge in [-0.3, -0.25) is 8.98 Å². The Hall–Kier alpha value is -0.620. The highest BCUT2D eigenvalue weighted by Gasteiger charge is 2.81.